The van der Waals surface area contributed by atoms with E-state index in [1.54, 1.807) is 24.3 Å². The monoisotopic (exact) mass is 1020 g/mol. The van der Waals surface area contributed by atoms with Gasteiger partial charge in [0.1, 0.15) is 44.1 Å². The Morgan fingerprint density at radius 1 is 0.644 bits per heavy atom. The van der Waals surface area contributed by atoms with Crippen molar-refractivity contribution in [2.45, 2.75) is 153 Å². The lowest BCUT2D eigenvalue weighted by atomic mass is 9.83. The Morgan fingerprint density at radius 3 is 1.48 bits per heavy atom. The molecule has 0 unspecified atom stereocenters. The Labute approximate surface area is 432 Å². The van der Waals surface area contributed by atoms with E-state index in [0.29, 0.717) is 61.4 Å². The third-order valence-corrected chi connectivity index (χ3v) is 17.8. The van der Waals surface area contributed by atoms with E-state index in [4.69, 9.17) is 30.1 Å². The van der Waals surface area contributed by atoms with Crippen LogP contribution >= 0.6 is 22.7 Å². The lowest BCUT2D eigenvalue weighted by Crippen LogP contribution is -2.34. The summed E-state index contributed by atoms with van der Waals surface area (Å²) in [6, 6.07) is 23.0. The minimum absolute atomic E-state index is 0.0287. The fraction of sp³-hybridized carbons (Fsp3) is 0.414. The molecule has 0 atom stereocenters. The molecular weight excluding hydrogens is 959 g/mol. The van der Waals surface area contributed by atoms with Gasteiger partial charge in [0, 0.05) is 38.8 Å². The number of carboxylic acids is 1. The third-order valence-electron chi connectivity index (χ3n) is 15.3. The Morgan fingerprint density at radius 2 is 1.07 bits per heavy atom. The number of aliphatic hydroxyl groups is 2. The molecule has 12 rings (SSSR count). The first-order chi connectivity index (χ1) is 35.3. The number of thiazole rings is 2. The summed E-state index contributed by atoms with van der Waals surface area (Å²) in [7, 11) is 0. The molecule has 4 aliphatic carbocycles. The highest BCUT2D eigenvalue weighted by Gasteiger charge is 2.41. The zero-order valence-corrected chi connectivity index (χ0v) is 43.2. The van der Waals surface area contributed by atoms with Gasteiger partial charge < -0.3 is 33.8 Å². The molecule has 3 N–H and O–H groups in total. The molecule has 0 spiro atoms. The summed E-state index contributed by atoms with van der Waals surface area (Å²) in [6.07, 6.45) is 9.92. The number of nitrogens with zero attached hydrogens (tertiary/aromatic N) is 5. The largest absolute Gasteiger partial charge is 0.478 e. The van der Waals surface area contributed by atoms with Gasteiger partial charge in [-0.15, -0.1) is 22.7 Å². The molecule has 73 heavy (non-hydrogen) atoms. The topological polar surface area (TPSA) is 178 Å². The standard InChI is InChI=1S/C29H29N3O3S.C29H30N2O5S/c1-17-5-4-6-18(2)25(17)26-22(27(35-32-26)19-7-8-19)16-34-21-11-13-29(33,14-12-21)28-31-23-10-9-20(30-3)15-24(23)36-28;1-16-4-3-5-17(2)24(16)25-21(26(36-31-25)18-6-7-18)15-35-20-10-12-29(34,13-11-20)28-30-22-9-8-19(27(32)33)14-23(22)37-28/h4-6,9-10,15,19,21,33H,7-8,11-14,16H2,1-2H3;3-5,8-9,14,18,20,34H,6-7,10-13,15H2,1-2H3,(H,32,33). The number of aromatic carboxylic acids is 1. The van der Waals surface area contributed by atoms with Crippen molar-refractivity contribution in [1.82, 2.24) is 20.3 Å². The molecule has 13 nitrogen and oxygen atoms in total. The molecule has 4 fully saturated rings. The lowest BCUT2D eigenvalue weighted by Gasteiger charge is -2.34. The zero-order valence-electron chi connectivity index (χ0n) is 41.6. The van der Waals surface area contributed by atoms with Crippen LogP contribution in [0.2, 0.25) is 0 Å². The summed E-state index contributed by atoms with van der Waals surface area (Å²) in [5, 5.41) is 42.5. The molecule has 8 aromatic rings. The number of aromatic nitrogens is 4. The number of carbonyl (C=O) groups is 1. The van der Waals surface area contributed by atoms with Crippen LogP contribution in [0.15, 0.2) is 81.8 Å². The predicted octanol–water partition coefficient (Wildman–Crippen LogP) is 13.8. The molecule has 0 saturated heterocycles. The highest BCUT2D eigenvalue weighted by molar-refractivity contribution is 7.19. The van der Waals surface area contributed by atoms with Crippen LogP contribution in [0, 0.1) is 34.3 Å². The van der Waals surface area contributed by atoms with E-state index in [1.807, 2.05) is 12.1 Å². The maximum atomic E-state index is 11.4. The average Bonchev–Trinajstić information content (AvgIpc) is 4.22. The number of fused-ring (bicyclic) bond motifs is 2. The SMILES string of the molecule is Cc1cccc(C)c1-c1noc(C2CC2)c1COC1CCC(O)(c2nc3ccc(C(=O)O)cc3s2)CC1.[C-]#[N+]c1ccc2nc(C3(O)CCC(OCc4c(-c5c(C)cccc5C)noc4C4CC4)CC3)sc2c1. The summed E-state index contributed by atoms with van der Waals surface area (Å²) in [4.78, 5) is 24.1. The number of hydrogen-bond donors (Lipinski definition) is 3. The average molecular weight is 1020 g/mol. The molecule has 4 aromatic heterocycles. The van der Waals surface area contributed by atoms with Crippen molar-refractivity contribution < 1.29 is 38.6 Å². The number of benzene rings is 4. The highest BCUT2D eigenvalue weighted by Crippen LogP contribution is 2.48. The number of ether oxygens (including phenoxy) is 2. The molecule has 4 aliphatic rings. The van der Waals surface area contributed by atoms with Gasteiger partial charge in [-0.25, -0.2) is 19.6 Å². The summed E-state index contributed by atoms with van der Waals surface area (Å²) < 4.78 is 26.3. The predicted molar refractivity (Wildman–Crippen MR) is 281 cm³/mol. The number of aryl methyl sites for hydroxylation is 4. The van der Waals surface area contributed by atoms with Gasteiger partial charge >= 0.3 is 5.97 Å². The van der Waals surface area contributed by atoms with Crippen LogP contribution in [0.1, 0.15) is 154 Å². The summed E-state index contributed by atoms with van der Waals surface area (Å²) in [6.45, 7) is 16.6. The Bertz CT molecular complexity index is 3350. The van der Waals surface area contributed by atoms with E-state index >= 15 is 0 Å². The van der Waals surface area contributed by atoms with E-state index in [-0.39, 0.29) is 17.8 Å². The van der Waals surface area contributed by atoms with Gasteiger partial charge in [0.2, 0.25) is 0 Å². The molecule has 376 valence electrons. The maximum absolute atomic E-state index is 11.4. The Kier molecular flexibility index (Phi) is 13.4. The number of hydrogen-bond acceptors (Lipinski definition) is 13. The van der Waals surface area contributed by atoms with Crippen molar-refractivity contribution in [3.63, 3.8) is 0 Å². The van der Waals surface area contributed by atoms with E-state index < -0.39 is 17.2 Å². The van der Waals surface area contributed by atoms with Crippen LogP contribution in [0.5, 0.6) is 0 Å². The number of carboxylic acid groups (broad SMARTS) is 1. The molecule has 0 bridgehead atoms. The van der Waals surface area contributed by atoms with E-state index in [9.17, 15) is 20.1 Å². The second kappa shape index (κ2) is 20.0. The molecule has 0 radical (unpaired) electrons. The van der Waals surface area contributed by atoms with Gasteiger partial charge in [-0.3, -0.25) is 0 Å². The van der Waals surface area contributed by atoms with E-state index in [2.05, 4.69) is 84.2 Å². The van der Waals surface area contributed by atoms with Gasteiger partial charge in [-0.1, -0.05) is 52.8 Å². The summed E-state index contributed by atoms with van der Waals surface area (Å²) >= 11 is 2.87. The first-order valence-electron chi connectivity index (χ1n) is 25.5. The summed E-state index contributed by atoms with van der Waals surface area (Å²) in [5.41, 5.74) is 11.3. The summed E-state index contributed by atoms with van der Waals surface area (Å²) in [5.74, 6) is 1.86. The van der Waals surface area contributed by atoms with Gasteiger partial charge in [0.15, 0.2) is 5.69 Å². The molecule has 0 aliphatic heterocycles. The lowest BCUT2D eigenvalue weighted by molar-refractivity contribution is -0.0641. The second-order valence-corrected chi connectivity index (χ2v) is 22.8. The van der Waals surface area contributed by atoms with Crippen molar-refractivity contribution in [1.29, 1.82) is 0 Å². The Balaban J connectivity index is 0.000000157. The molecular formula is C58H59N5O8S2. The normalized spacial score (nSPS) is 22.0. The zero-order chi connectivity index (χ0) is 50.6. The van der Waals surface area contributed by atoms with Crippen molar-refractivity contribution in [3.8, 4) is 22.5 Å². The molecule has 4 aromatic carbocycles. The van der Waals surface area contributed by atoms with Gasteiger partial charge in [-0.2, -0.15) is 0 Å². The van der Waals surface area contributed by atoms with Gasteiger partial charge in [-0.05, 0) is 157 Å². The van der Waals surface area contributed by atoms with Crippen LogP contribution in [-0.4, -0.2) is 53.8 Å². The van der Waals surface area contributed by atoms with Gasteiger partial charge in [0.05, 0.1) is 53.3 Å². The van der Waals surface area contributed by atoms with Crippen molar-refractivity contribution in [2.75, 3.05) is 0 Å². The smallest absolute Gasteiger partial charge is 0.335 e. The molecule has 15 heteroatoms. The van der Waals surface area contributed by atoms with Crippen LogP contribution in [0.3, 0.4) is 0 Å². The van der Waals surface area contributed by atoms with Crippen LogP contribution in [0.4, 0.5) is 5.69 Å². The van der Waals surface area contributed by atoms with Crippen LogP contribution < -0.4 is 0 Å². The van der Waals surface area contributed by atoms with Gasteiger partial charge in [0.25, 0.3) is 0 Å². The van der Waals surface area contributed by atoms with Crippen LogP contribution in [-0.2, 0) is 33.9 Å². The maximum Gasteiger partial charge on any atom is 0.335 e. The minimum atomic E-state index is -1.02. The van der Waals surface area contributed by atoms with Crippen molar-refractivity contribution in [3.05, 3.63) is 145 Å². The fourth-order valence-corrected chi connectivity index (χ4v) is 13.1. The first kappa shape index (κ1) is 49.1. The quantitative estimate of drug-likeness (QED) is 0.0932. The number of rotatable bonds is 13. The fourth-order valence-electron chi connectivity index (χ4n) is 10.8. The second-order valence-electron chi connectivity index (χ2n) is 20.7. The van der Waals surface area contributed by atoms with E-state index in [0.717, 1.165) is 122 Å². The minimum Gasteiger partial charge on any atom is -0.478 e. The highest BCUT2D eigenvalue weighted by atomic mass is 32.1. The van der Waals surface area contributed by atoms with Crippen LogP contribution in [0.25, 0.3) is 47.8 Å². The van der Waals surface area contributed by atoms with E-state index in [1.165, 1.54) is 44.9 Å². The molecule has 4 saturated carbocycles. The first-order valence-corrected chi connectivity index (χ1v) is 27.1. The van der Waals surface area contributed by atoms with Crippen molar-refractivity contribution >= 4 is 54.8 Å². The van der Waals surface area contributed by atoms with Crippen molar-refractivity contribution in [2.24, 2.45) is 0 Å². The third kappa shape index (κ3) is 10.0. The molecule has 4 heterocycles. The Hall–Kier alpha value is -6.12. The molecule has 0 amide bonds.